The Balaban J connectivity index is 1.68. The van der Waals surface area contributed by atoms with Crippen LogP contribution < -0.4 is 5.32 Å². The number of rotatable bonds is 4. The van der Waals surface area contributed by atoms with Crippen LogP contribution in [0.5, 0.6) is 0 Å². The summed E-state index contributed by atoms with van der Waals surface area (Å²) in [6.07, 6.45) is 12.9. The molecule has 2 heteroatoms. The van der Waals surface area contributed by atoms with Gasteiger partial charge in [-0.3, -0.25) is 4.90 Å². The molecule has 0 bridgehead atoms. The van der Waals surface area contributed by atoms with E-state index >= 15 is 0 Å². The molecular formula is C17H32N2. The fraction of sp³-hybridized carbons (Fsp3) is 1.00. The second-order valence-corrected chi connectivity index (χ2v) is 7.54. The highest BCUT2D eigenvalue weighted by Crippen LogP contribution is 2.45. The first-order chi connectivity index (χ1) is 9.21. The van der Waals surface area contributed by atoms with E-state index < -0.39 is 0 Å². The van der Waals surface area contributed by atoms with E-state index in [0.29, 0.717) is 11.0 Å². The third kappa shape index (κ3) is 2.58. The monoisotopic (exact) mass is 264 g/mol. The minimum absolute atomic E-state index is 0.490. The third-order valence-corrected chi connectivity index (χ3v) is 6.47. The van der Waals surface area contributed by atoms with Crippen molar-refractivity contribution in [2.24, 2.45) is 5.41 Å². The molecule has 3 fully saturated rings. The molecule has 3 aliphatic rings. The van der Waals surface area contributed by atoms with Gasteiger partial charge in [0.1, 0.15) is 0 Å². The van der Waals surface area contributed by atoms with Crippen LogP contribution in [0.25, 0.3) is 0 Å². The average molecular weight is 264 g/mol. The maximum atomic E-state index is 3.92. The summed E-state index contributed by atoms with van der Waals surface area (Å²) >= 11 is 0. The lowest BCUT2D eigenvalue weighted by Gasteiger charge is -2.52. The molecular weight excluding hydrogens is 232 g/mol. The lowest BCUT2D eigenvalue weighted by atomic mass is 9.66. The van der Waals surface area contributed by atoms with Crippen molar-refractivity contribution in [3.05, 3.63) is 0 Å². The molecule has 1 atom stereocenters. The van der Waals surface area contributed by atoms with E-state index in [2.05, 4.69) is 24.1 Å². The van der Waals surface area contributed by atoms with E-state index in [-0.39, 0.29) is 0 Å². The summed E-state index contributed by atoms with van der Waals surface area (Å²) in [5.41, 5.74) is 1.18. The van der Waals surface area contributed by atoms with Crippen molar-refractivity contribution in [3.8, 4) is 0 Å². The van der Waals surface area contributed by atoms with Crippen molar-refractivity contribution in [2.75, 3.05) is 19.6 Å². The summed E-state index contributed by atoms with van der Waals surface area (Å²) in [6.45, 7) is 8.72. The predicted molar refractivity (Wildman–Crippen MR) is 81.4 cm³/mol. The van der Waals surface area contributed by atoms with Crippen molar-refractivity contribution in [3.63, 3.8) is 0 Å². The Bertz CT molecular complexity index is 295. The van der Waals surface area contributed by atoms with Crippen LogP contribution in [-0.4, -0.2) is 36.1 Å². The topological polar surface area (TPSA) is 15.3 Å². The first kappa shape index (κ1) is 13.9. The Labute approximate surface area is 119 Å². The van der Waals surface area contributed by atoms with Crippen molar-refractivity contribution in [1.82, 2.24) is 10.2 Å². The van der Waals surface area contributed by atoms with Gasteiger partial charge in [0.2, 0.25) is 0 Å². The van der Waals surface area contributed by atoms with Gasteiger partial charge in [0.25, 0.3) is 0 Å². The predicted octanol–water partition coefficient (Wildman–Crippen LogP) is 3.56. The van der Waals surface area contributed by atoms with Gasteiger partial charge in [-0.1, -0.05) is 33.1 Å². The van der Waals surface area contributed by atoms with Gasteiger partial charge in [-0.15, -0.1) is 0 Å². The smallest absolute Gasteiger partial charge is 0.0309 e. The highest BCUT2D eigenvalue weighted by molar-refractivity contribution is 5.02. The van der Waals surface area contributed by atoms with Gasteiger partial charge in [0.15, 0.2) is 0 Å². The molecule has 0 aromatic rings. The second kappa shape index (κ2) is 5.37. The van der Waals surface area contributed by atoms with Crippen LogP contribution >= 0.6 is 0 Å². The average Bonchev–Trinajstić information content (AvgIpc) is 2.82. The first-order valence-corrected chi connectivity index (χ1v) is 8.70. The standard InChI is InChI=1S/C17H32N2/c1-3-15-12-18-17(10-5-6-11-17)14-19(15)13-16(4-2)8-7-9-16/h15,18H,3-14H2,1-2H3. The number of piperazine rings is 1. The SMILES string of the molecule is CCC1CNC2(CCCC2)CN1CC1(CC)CCC1. The normalized spacial score (nSPS) is 33.5. The Morgan fingerprint density at radius 1 is 1.05 bits per heavy atom. The zero-order chi connectivity index (χ0) is 13.3. The molecule has 1 saturated heterocycles. The Morgan fingerprint density at radius 3 is 2.32 bits per heavy atom. The van der Waals surface area contributed by atoms with E-state index in [1.54, 1.807) is 0 Å². The van der Waals surface area contributed by atoms with Gasteiger partial charge >= 0.3 is 0 Å². The quantitative estimate of drug-likeness (QED) is 0.835. The Hall–Kier alpha value is -0.0800. The summed E-state index contributed by atoms with van der Waals surface area (Å²) in [6, 6.07) is 0.787. The van der Waals surface area contributed by atoms with Crippen LogP contribution in [0, 0.1) is 5.41 Å². The lowest BCUT2D eigenvalue weighted by molar-refractivity contribution is 0.000941. The third-order valence-electron chi connectivity index (χ3n) is 6.47. The molecule has 1 spiro atoms. The number of nitrogens with one attached hydrogen (secondary N) is 1. The number of hydrogen-bond donors (Lipinski definition) is 1. The van der Waals surface area contributed by atoms with Crippen LogP contribution in [0.3, 0.4) is 0 Å². The summed E-state index contributed by atoms with van der Waals surface area (Å²) in [4.78, 5) is 2.88. The first-order valence-electron chi connectivity index (χ1n) is 8.70. The molecule has 0 aromatic heterocycles. The molecule has 0 radical (unpaired) electrons. The summed E-state index contributed by atoms with van der Waals surface area (Å²) < 4.78 is 0. The Kier molecular flexibility index (Phi) is 3.92. The molecule has 2 nitrogen and oxygen atoms in total. The highest BCUT2D eigenvalue weighted by atomic mass is 15.3. The fourth-order valence-electron chi connectivity index (χ4n) is 4.74. The van der Waals surface area contributed by atoms with E-state index in [4.69, 9.17) is 0 Å². The molecule has 2 saturated carbocycles. The molecule has 3 rings (SSSR count). The fourth-order valence-corrected chi connectivity index (χ4v) is 4.74. The summed E-state index contributed by atoms with van der Waals surface area (Å²) in [5, 5.41) is 3.92. The number of nitrogens with zero attached hydrogens (tertiary/aromatic N) is 1. The molecule has 0 aromatic carbocycles. The van der Waals surface area contributed by atoms with Gasteiger partial charge in [-0.2, -0.15) is 0 Å². The largest absolute Gasteiger partial charge is 0.308 e. The molecule has 1 unspecified atom stereocenters. The zero-order valence-corrected chi connectivity index (χ0v) is 13.0. The van der Waals surface area contributed by atoms with E-state index in [9.17, 15) is 0 Å². The maximum Gasteiger partial charge on any atom is 0.0309 e. The van der Waals surface area contributed by atoms with Crippen LogP contribution in [0.1, 0.15) is 71.6 Å². The summed E-state index contributed by atoms with van der Waals surface area (Å²) in [5.74, 6) is 0. The van der Waals surface area contributed by atoms with Gasteiger partial charge < -0.3 is 5.32 Å². The molecule has 110 valence electrons. The molecule has 1 N–H and O–H groups in total. The van der Waals surface area contributed by atoms with Crippen LogP contribution in [-0.2, 0) is 0 Å². The van der Waals surface area contributed by atoms with Crippen molar-refractivity contribution in [1.29, 1.82) is 0 Å². The Morgan fingerprint density at radius 2 is 1.79 bits per heavy atom. The van der Waals surface area contributed by atoms with Crippen molar-refractivity contribution < 1.29 is 0 Å². The minimum Gasteiger partial charge on any atom is -0.308 e. The minimum atomic E-state index is 0.490. The van der Waals surface area contributed by atoms with Gasteiger partial charge in [-0.25, -0.2) is 0 Å². The highest BCUT2D eigenvalue weighted by Gasteiger charge is 2.44. The summed E-state index contributed by atoms with van der Waals surface area (Å²) in [7, 11) is 0. The zero-order valence-electron chi connectivity index (χ0n) is 13.0. The van der Waals surface area contributed by atoms with Gasteiger partial charge in [0.05, 0.1) is 0 Å². The molecule has 2 aliphatic carbocycles. The van der Waals surface area contributed by atoms with Crippen LogP contribution in [0.4, 0.5) is 0 Å². The van der Waals surface area contributed by atoms with Gasteiger partial charge in [-0.05, 0) is 43.9 Å². The van der Waals surface area contributed by atoms with Crippen LogP contribution in [0.15, 0.2) is 0 Å². The second-order valence-electron chi connectivity index (χ2n) is 7.54. The molecule has 1 heterocycles. The maximum absolute atomic E-state index is 3.92. The molecule has 1 aliphatic heterocycles. The lowest BCUT2D eigenvalue weighted by Crippen LogP contribution is -2.64. The van der Waals surface area contributed by atoms with E-state index in [1.165, 1.54) is 77.4 Å². The van der Waals surface area contributed by atoms with Crippen molar-refractivity contribution >= 4 is 0 Å². The molecule has 0 amide bonds. The van der Waals surface area contributed by atoms with Gasteiger partial charge in [0, 0.05) is 31.2 Å². The molecule has 19 heavy (non-hydrogen) atoms. The van der Waals surface area contributed by atoms with Crippen molar-refractivity contribution in [2.45, 2.75) is 83.2 Å². The van der Waals surface area contributed by atoms with Crippen LogP contribution in [0.2, 0.25) is 0 Å². The van der Waals surface area contributed by atoms with E-state index in [0.717, 1.165) is 6.04 Å². The number of hydrogen-bond acceptors (Lipinski definition) is 2. The van der Waals surface area contributed by atoms with E-state index in [1.807, 2.05) is 0 Å².